The maximum atomic E-state index is 13.2. The lowest BCUT2D eigenvalue weighted by molar-refractivity contribution is -0.383. The van der Waals surface area contributed by atoms with Gasteiger partial charge in [-0.05, 0) is 30.7 Å². The molecule has 1 atom stereocenters. The number of nitro benzene ring substituents is 1. The van der Waals surface area contributed by atoms with Crippen molar-refractivity contribution in [1.29, 1.82) is 0 Å². The van der Waals surface area contributed by atoms with E-state index in [9.17, 15) is 33.2 Å². The van der Waals surface area contributed by atoms with Crippen LogP contribution < -0.4 is 9.74 Å². The summed E-state index contributed by atoms with van der Waals surface area (Å²) in [6.45, 7) is 1.35. The number of carbonyl (C=O) groups excluding carboxylic acids is 1. The number of fused-ring (bicyclic) bond motifs is 5. The number of benzene rings is 1. The Bertz CT molecular complexity index is 1530. The highest BCUT2D eigenvalue weighted by molar-refractivity contribution is 7.67. The van der Waals surface area contributed by atoms with Crippen molar-refractivity contribution in [2.45, 2.75) is 32.1 Å². The number of cyclic esters (lactones) is 1. The minimum atomic E-state index is -3.37. The first kappa shape index (κ1) is 21.0. The second kappa shape index (κ2) is 7.08. The average Bonchev–Trinajstić information content (AvgIpc) is 3.12. The van der Waals surface area contributed by atoms with Crippen LogP contribution in [0, 0.1) is 10.1 Å². The Labute approximate surface area is 186 Å². The Balaban J connectivity index is 1.76. The molecule has 0 fully saturated rings. The van der Waals surface area contributed by atoms with E-state index in [4.69, 9.17) is 4.74 Å². The van der Waals surface area contributed by atoms with Crippen LogP contribution in [0.25, 0.3) is 22.3 Å². The number of thiol groups is 1. The van der Waals surface area contributed by atoms with Crippen LogP contribution in [0.5, 0.6) is 5.75 Å². The second-order valence-corrected chi connectivity index (χ2v) is 8.28. The van der Waals surface area contributed by atoms with Crippen LogP contribution in [0.15, 0.2) is 29.1 Å². The predicted molar refractivity (Wildman–Crippen MR) is 112 cm³/mol. The molecule has 0 spiro atoms. The lowest BCUT2D eigenvalue weighted by Crippen LogP contribution is -2.44. The molecule has 2 aromatic heterocycles. The van der Waals surface area contributed by atoms with Crippen LogP contribution in [-0.2, 0) is 39.3 Å². The average molecular weight is 473 g/mol. The summed E-state index contributed by atoms with van der Waals surface area (Å²) in [7, 11) is -3.37. The molecule has 12 nitrogen and oxygen atoms in total. The summed E-state index contributed by atoms with van der Waals surface area (Å²) < 4.78 is 32.9. The lowest BCUT2D eigenvalue weighted by Gasteiger charge is -2.31. The predicted octanol–water partition coefficient (Wildman–Crippen LogP) is 0.893. The Kier molecular flexibility index (Phi) is 4.51. The highest BCUT2D eigenvalue weighted by Crippen LogP contribution is 2.41. The Morgan fingerprint density at radius 2 is 2.09 bits per heavy atom. The molecule has 1 unspecified atom stereocenters. The molecule has 5 rings (SSSR count). The number of aliphatic hydroxyl groups is 1. The van der Waals surface area contributed by atoms with Crippen molar-refractivity contribution in [2.24, 2.45) is 0 Å². The first-order valence-electron chi connectivity index (χ1n) is 9.76. The summed E-state index contributed by atoms with van der Waals surface area (Å²) in [6, 6.07) is 5.49. The van der Waals surface area contributed by atoms with Gasteiger partial charge in [0, 0.05) is 11.1 Å². The summed E-state index contributed by atoms with van der Waals surface area (Å²) in [5.41, 5.74) is -1.33. The first-order chi connectivity index (χ1) is 15.7. The van der Waals surface area contributed by atoms with Gasteiger partial charge in [-0.25, -0.2) is 9.78 Å². The van der Waals surface area contributed by atoms with Crippen LogP contribution in [0.3, 0.4) is 0 Å². The van der Waals surface area contributed by atoms with Gasteiger partial charge in [-0.2, -0.15) is 8.42 Å². The van der Waals surface area contributed by atoms with Crippen LogP contribution >= 0.6 is 0 Å². The number of esters is 1. The number of nitro groups is 1. The molecule has 2 aliphatic heterocycles. The molecular formula is C20H15N3O9S. The highest BCUT2D eigenvalue weighted by Gasteiger charge is 2.45. The van der Waals surface area contributed by atoms with Crippen molar-refractivity contribution in [2.75, 3.05) is 0 Å². The number of hydrogen-bond acceptors (Lipinski definition) is 10. The molecular weight excluding hydrogens is 458 g/mol. The Hall–Kier alpha value is -3.84. The van der Waals surface area contributed by atoms with Crippen LogP contribution in [-0.4, -0.2) is 34.0 Å². The van der Waals surface area contributed by atoms with Crippen LogP contribution in [0.4, 0.5) is 5.69 Å². The number of aromatic nitrogens is 2. The molecule has 3 aromatic rings. The van der Waals surface area contributed by atoms with Crippen molar-refractivity contribution < 1.29 is 32.2 Å². The fourth-order valence-electron chi connectivity index (χ4n) is 4.36. The van der Waals surface area contributed by atoms with Gasteiger partial charge in [-0.1, -0.05) is 6.92 Å². The van der Waals surface area contributed by atoms with Crippen LogP contribution in [0.2, 0.25) is 0 Å². The van der Waals surface area contributed by atoms with Gasteiger partial charge in [0.2, 0.25) is 5.75 Å². The topological polar surface area (TPSA) is 168 Å². The fourth-order valence-corrected chi connectivity index (χ4v) is 4.67. The molecule has 0 bridgehead atoms. The monoisotopic (exact) mass is 473 g/mol. The molecule has 0 radical (unpaired) electrons. The molecule has 170 valence electrons. The zero-order chi connectivity index (χ0) is 23.7. The molecule has 0 saturated carbocycles. The zero-order valence-electron chi connectivity index (χ0n) is 16.9. The highest BCUT2D eigenvalue weighted by atomic mass is 32.2. The van der Waals surface area contributed by atoms with Crippen LogP contribution in [0.1, 0.15) is 30.0 Å². The molecule has 33 heavy (non-hydrogen) atoms. The minimum Gasteiger partial charge on any atom is -0.458 e. The number of carbonyl (C=O) groups is 1. The SMILES string of the molecule is CCC1(O)C(=O)OCc2c1cc1n(c2=O)Cc2cc3c([N+](=O)[O-])c(O[SH](=O)=O)ccc3nc2-1. The summed E-state index contributed by atoms with van der Waals surface area (Å²) >= 11 is 0. The van der Waals surface area contributed by atoms with Crippen molar-refractivity contribution in [3.63, 3.8) is 0 Å². The third kappa shape index (κ3) is 2.93. The van der Waals surface area contributed by atoms with E-state index < -0.39 is 44.5 Å². The van der Waals surface area contributed by atoms with Gasteiger partial charge >= 0.3 is 11.7 Å². The van der Waals surface area contributed by atoms with E-state index in [2.05, 4.69) is 9.17 Å². The number of ether oxygens (including phenoxy) is 1. The number of pyridine rings is 2. The maximum absolute atomic E-state index is 13.2. The largest absolute Gasteiger partial charge is 0.458 e. The number of hydrogen-bond donors (Lipinski definition) is 2. The Morgan fingerprint density at radius 1 is 1.33 bits per heavy atom. The number of nitrogens with zero attached hydrogens (tertiary/aromatic N) is 3. The van der Waals surface area contributed by atoms with Crippen molar-refractivity contribution in [3.05, 3.63) is 61.4 Å². The molecule has 0 aliphatic carbocycles. The van der Waals surface area contributed by atoms with Gasteiger partial charge in [0.05, 0.1) is 39.3 Å². The van der Waals surface area contributed by atoms with Gasteiger partial charge in [-0.3, -0.25) is 14.9 Å². The van der Waals surface area contributed by atoms with Crippen molar-refractivity contribution in [3.8, 4) is 17.1 Å². The normalized spacial score (nSPS) is 18.6. The molecule has 0 saturated heterocycles. The minimum absolute atomic E-state index is 0.00330. The summed E-state index contributed by atoms with van der Waals surface area (Å²) in [5, 5.41) is 22.6. The van der Waals surface area contributed by atoms with E-state index in [0.29, 0.717) is 17.0 Å². The lowest BCUT2D eigenvalue weighted by atomic mass is 9.86. The fraction of sp³-hybridized carbons (Fsp3) is 0.250. The standard InChI is InChI=1S/C20H15N3O9S/c1-2-20(26)12-6-14-16-9(7-22(14)18(24)11(12)8-31-19(20)25)5-10-13(21-16)3-4-15(32-33(29)30)17(10)23(27)28/h3-6,26,33H,2,7-8H2,1H3. The van der Waals surface area contributed by atoms with Gasteiger partial charge in [0.1, 0.15) is 6.61 Å². The summed E-state index contributed by atoms with van der Waals surface area (Å²) in [5.74, 6) is -1.29. The molecule has 4 heterocycles. The second-order valence-electron chi connectivity index (χ2n) is 7.65. The van der Waals surface area contributed by atoms with E-state index in [1.54, 1.807) is 6.92 Å². The third-order valence-corrected chi connectivity index (χ3v) is 6.33. The smallest absolute Gasteiger partial charge is 0.343 e. The van der Waals surface area contributed by atoms with Crippen molar-refractivity contribution >= 4 is 33.5 Å². The van der Waals surface area contributed by atoms with Gasteiger partial charge in [0.15, 0.2) is 5.60 Å². The van der Waals surface area contributed by atoms with Gasteiger partial charge in [-0.15, -0.1) is 0 Å². The van der Waals surface area contributed by atoms with E-state index >= 15 is 0 Å². The molecule has 13 heteroatoms. The molecule has 1 N–H and O–H groups in total. The van der Waals surface area contributed by atoms with E-state index in [1.165, 1.54) is 22.8 Å². The first-order valence-corrected chi connectivity index (χ1v) is 10.9. The molecule has 2 aliphatic rings. The third-order valence-electron chi connectivity index (χ3n) is 5.98. The summed E-state index contributed by atoms with van der Waals surface area (Å²) in [4.78, 5) is 40.8. The Morgan fingerprint density at radius 3 is 2.76 bits per heavy atom. The zero-order valence-corrected chi connectivity index (χ0v) is 17.8. The van der Waals surface area contributed by atoms with E-state index in [0.717, 1.165) is 6.07 Å². The quantitative estimate of drug-likeness (QED) is 0.188. The maximum Gasteiger partial charge on any atom is 0.343 e. The number of rotatable bonds is 4. The van der Waals surface area contributed by atoms with Gasteiger partial charge < -0.3 is 18.6 Å². The van der Waals surface area contributed by atoms with E-state index in [1.807, 2.05) is 0 Å². The van der Waals surface area contributed by atoms with Gasteiger partial charge in [0.25, 0.3) is 16.5 Å². The van der Waals surface area contributed by atoms with E-state index in [-0.39, 0.29) is 41.6 Å². The van der Waals surface area contributed by atoms with Crippen molar-refractivity contribution in [1.82, 2.24) is 9.55 Å². The molecule has 0 amide bonds. The molecule has 1 aromatic carbocycles. The summed E-state index contributed by atoms with van der Waals surface area (Å²) in [6.07, 6.45) is -0.00330.